The Hall–Kier alpha value is -1.86. The minimum Gasteiger partial charge on any atom is -0.351 e. The molecular formula is C19H25ClN4O2S. The van der Waals surface area contributed by atoms with Gasteiger partial charge in [-0.05, 0) is 62.5 Å². The van der Waals surface area contributed by atoms with E-state index in [1.807, 2.05) is 17.0 Å². The summed E-state index contributed by atoms with van der Waals surface area (Å²) in [5.74, 6) is -0.0172. The summed E-state index contributed by atoms with van der Waals surface area (Å²) >= 11 is 11.3. The van der Waals surface area contributed by atoms with Crippen molar-refractivity contribution in [3.05, 3.63) is 29.3 Å². The molecule has 1 unspecified atom stereocenters. The molecule has 2 heterocycles. The van der Waals surface area contributed by atoms with Crippen LogP contribution in [0.15, 0.2) is 24.3 Å². The molecule has 1 atom stereocenters. The van der Waals surface area contributed by atoms with Crippen molar-refractivity contribution in [3.63, 3.8) is 0 Å². The molecule has 2 aliphatic rings. The van der Waals surface area contributed by atoms with Gasteiger partial charge in [0.2, 0.25) is 11.8 Å². The largest absolute Gasteiger partial charge is 0.351 e. The maximum Gasteiger partial charge on any atom is 0.245 e. The molecular weight excluding hydrogens is 384 g/mol. The third-order valence-corrected chi connectivity index (χ3v) is 5.41. The average molecular weight is 409 g/mol. The summed E-state index contributed by atoms with van der Waals surface area (Å²) in [5.41, 5.74) is 0.766. The molecule has 2 amide bonds. The van der Waals surface area contributed by atoms with Crippen LogP contribution in [0.4, 0.5) is 5.69 Å². The molecule has 146 valence electrons. The summed E-state index contributed by atoms with van der Waals surface area (Å²) in [4.78, 5) is 28.9. The standard InChI is InChI=1S/C19H25ClN4O2S/c20-14-6-5-7-15(12-14)21-19(27)22-16-8-1-2-11-24(18(16)26)13-17(25)23-9-3-4-10-23/h5-7,12,16H,1-4,8-11,13H2,(H2,21,22,27). The van der Waals surface area contributed by atoms with Crippen LogP contribution in [0.1, 0.15) is 32.1 Å². The summed E-state index contributed by atoms with van der Waals surface area (Å²) in [6.45, 7) is 2.38. The predicted octanol–water partition coefficient (Wildman–Crippen LogP) is 2.63. The van der Waals surface area contributed by atoms with Crippen molar-refractivity contribution >= 4 is 46.4 Å². The Morgan fingerprint density at radius 1 is 1.19 bits per heavy atom. The number of anilines is 1. The molecule has 2 aliphatic heterocycles. The Morgan fingerprint density at radius 3 is 2.67 bits per heavy atom. The van der Waals surface area contributed by atoms with Crippen molar-refractivity contribution in [3.8, 4) is 0 Å². The highest BCUT2D eigenvalue weighted by atomic mass is 35.5. The topological polar surface area (TPSA) is 64.7 Å². The first-order valence-electron chi connectivity index (χ1n) is 9.42. The van der Waals surface area contributed by atoms with Crippen LogP contribution in [-0.4, -0.2) is 58.9 Å². The summed E-state index contributed by atoms with van der Waals surface area (Å²) in [7, 11) is 0. The van der Waals surface area contributed by atoms with Crippen LogP contribution in [0.25, 0.3) is 0 Å². The molecule has 0 bridgehead atoms. The molecule has 1 aromatic rings. The fourth-order valence-electron chi connectivity index (χ4n) is 3.52. The van der Waals surface area contributed by atoms with E-state index < -0.39 is 6.04 Å². The number of likely N-dealkylation sites (tertiary alicyclic amines) is 2. The lowest BCUT2D eigenvalue weighted by atomic mass is 10.1. The first-order chi connectivity index (χ1) is 13.0. The zero-order valence-corrected chi connectivity index (χ0v) is 16.8. The van der Waals surface area contributed by atoms with Gasteiger partial charge in [-0.3, -0.25) is 9.59 Å². The highest BCUT2D eigenvalue weighted by Crippen LogP contribution is 2.16. The van der Waals surface area contributed by atoms with Gasteiger partial charge in [-0.25, -0.2) is 0 Å². The molecule has 27 heavy (non-hydrogen) atoms. The second-order valence-corrected chi connectivity index (χ2v) is 7.85. The number of rotatable bonds is 4. The first-order valence-corrected chi connectivity index (χ1v) is 10.2. The van der Waals surface area contributed by atoms with Gasteiger partial charge >= 0.3 is 0 Å². The van der Waals surface area contributed by atoms with Crippen LogP contribution in [0.2, 0.25) is 5.02 Å². The number of nitrogens with one attached hydrogen (secondary N) is 2. The SMILES string of the molecule is O=C(CN1CCCCC(NC(=S)Nc2cccc(Cl)c2)C1=O)N1CCCC1. The Balaban J connectivity index is 1.57. The van der Waals surface area contributed by atoms with Gasteiger partial charge in [0.25, 0.3) is 0 Å². The second kappa shape index (κ2) is 9.37. The van der Waals surface area contributed by atoms with Crippen LogP contribution >= 0.6 is 23.8 Å². The maximum absolute atomic E-state index is 12.9. The molecule has 0 saturated carbocycles. The number of nitrogens with zero attached hydrogens (tertiary/aromatic N) is 2. The van der Waals surface area contributed by atoms with E-state index in [1.165, 1.54) is 0 Å². The molecule has 3 rings (SSSR count). The van der Waals surface area contributed by atoms with E-state index >= 15 is 0 Å². The highest BCUT2D eigenvalue weighted by Gasteiger charge is 2.30. The fraction of sp³-hybridized carbons (Fsp3) is 0.526. The van der Waals surface area contributed by atoms with E-state index in [-0.39, 0.29) is 18.4 Å². The average Bonchev–Trinajstić information content (AvgIpc) is 3.12. The van der Waals surface area contributed by atoms with E-state index in [1.54, 1.807) is 17.0 Å². The number of carbonyl (C=O) groups excluding carboxylic acids is 2. The molecule has 0 spiro atoms. The fourth-order valence-corrected chi connectivity index (χ4v) is 3.97. The highest BCUT2D eigenvalue weighted by molar-refractivity contribution is 7.80. The van der Waals surface area contributed by atoms with Gasteiger partial charge < -0.3 is 20.4 Å². The summed E-state index contributed by atoms with van der Waals surface area (Å²) in [6.07, 6.45) is 4.61. The minimum absolute atomic E-state index is 0.0427. The number of carbonyl (C=O) groups is 2. The summed E-state index contributed by atoms with van der Waals surface area (Å²) in [6, 6.07) is 6.82. The molecule has 8 heteroatoms. The molecule has 2 fully saturated rings. The molecule has 2 saturated heterocycles. The van der Waals surface area contributed by atoms with Crippen molar-refractivity contribution in [1.29, 1.82) is 0 Å². The molecule has 1 aromatic carbocycles. The van der Waals surface area contributed by atoms with Crippen molar-refractivity contribution in [2.45, 2.75) is 38.1 Å². The predicted molar refractivity (Wildman–Crippen MR) is 111 cm³/mol. The Labute approximate surface area is 170 Å². The van der Waals surface area contributed by atoms with Crippen molar-refractivity contribution in [1.82, 2.24) is 15.1 Å². The van der Waals surface area contributed by atoms with Crippen LogP contribution in [0.3, 0.4) is 0 Å². The van der Waals surface area contributed by atoms with Gasteiger partial charge in [-0.15, -0.1) is 0 Å². The van der Waals surface area contributed by atoms with Gasteiger partial charge in [0.15, 0.2) is 5.11 Å². The number of hydrogen-bond donors (Lipinski definition) is 2. The lowest BCUT2D eigenvalue weighted by molar-refractivity contribution is -0.140. The van der Waals surface area contributed by atoms with Crippen molar-refractivity contribution in [2.24, 2.45) is 0 Å². The van der Waals surface area contributed by atoms with Gasteiger partial charge in [-0.2, -0.15) is 0 Å². The first kappa shape index (κ1) is 19.9. The van der Waals surface area contributed by atoms with Crippen LogP contribution in [0, 0.1) is 0 Å². The third kappa shape index (κ3) is 5.56. The number of amides is 2. The van der Waals surface area contributed by atoms with Crippen LogP contribution in [-0.2, 0) is 9.59 Å². The number of benzene rings is 1. The van der Waals surface area contributed by atoms with Gasteiger partial charge in [0, 0.05) is 30.3 Å². The Morgan fingerprint density at radius 2 is 1.93 bits per heavy atom. The van der Waals surface area contributed by atoms with E-state index in [0.717, 1.165) is 44.5 Å². The van der Waals surface area contributed by atoms with E-state index in [9.17, 15) is 9.59 Å². The quantitative estimate of drug-likeness (QED) is 0.750. The number of thiocarbonyl (C=S) groups is 1. The molecule has 0 aromatic heterocycles. The zero-order valence-electron chi connectivity index (χ0n) is 15.2. The molecule has 2 N–H and O–H groups in total. The smallest absolute Gasteiger partial charge is 0.245 e. The van der Waals surface area contributed by atoms with Gasteiger partial charge in [0.1, 0.15) is 6.04 Å². The van der Waals surface area contributed by atoms with Crippen molar-refractivity contribution in [2.75, 3.05) is 31.5 Å². The van der Waals surface area contributed by atoms with E-state index in [4.69, 9.17) is 23.8 Å². The second-order valence-electron chi connectivity index (χ2n) is 7.00. The zero-order chi connectivity index (χ0) is 19.2. The molecule has 0 radical (unpaired) electrons. The summed E-state index contributed by atoms with van der Waals surface area (Å²) < 4.78 is 0. The molecule has 6 nitrogen and oxygen atoms in total. The van der Waals surface area contributed by atoms with Crippen LogP contribution < -0.4 is 10.6 Å². The van der Waals surface area contributed by atoms with Crippen LogP contribution in [0.5, 0.6) is 0 Å². The van der Waals surface area contributed by atoms with Gasteiger partial charge in [0.05, 0.1) is 6.54 Å². The number of hydrogen-bond acceptors (Lipinski definition) is 3. The lowest BCUT2D eigenvalue weighted by Crippen LogP contribution is -2.51. The Kier molecular flexibility index (Phi) is 6.90. The number of halogens is 1. The molecule has 0 aliphatic carbocycles. The minimum atomic E-state index is -0.418. The monoisotopic (exact) mass is 408 g/mol. The van der Waals surface area contributed by atoms with Gasteiger partial charge in [-0.1, -0.05) is 17.7 Å². The Bertz CT molecular complexity index is 709. The van der Waals surface area contributed by atoms with Crippen molar-refractivity contribution < 1.29 is 9.59 Å². The lowest BCUT2D eigenvalue weighted by Gasteiger charge is -2.27. The van der Waals surface area contributed by atoms with E-state index in [0.29, 0.717) is 23.1 Å². The third-order valence-electron chi connectivity index (χ3n) is 4.95. The normalized spacial score (nSPS) is 20.3. The maximum atomic E-state index is 12.9. The van der Waals surface area contributed by atoms with E-state index in [2.05, 4.69) is 10.6 Å². The summed E-state index contributed by atoms with van der Waals surface area (Å²) in [5, 5.41) is 7.16.